The van der Waals surface area contributed by atoms with E-state index in [1.165, 1.54) is 0 Å². The van der Waals surface area contributed by atoms with Crippen LogP contribution in [0.4, 0.5) is 5.69 Å². The van der Waals surface area contributed by atoms with Gasteiger partial charge in [0.05, 0.1) is 12.6 Å². The van der Waals surface area contributed by atoms with E-state index in [2.05, 4.69) is 32.5 Å². The third-order valence-corrected chi connectivity index (χ3v) is 6.91. The zero-order valence-corrected chi connectivity index (χ0v) is 20.7. The number of aliphatic imine (C=N–C) groups is 1. The Kier molecular flexibility index (Phi) is 6.82. The molecule has 2 amide bonds. The van der Waals surface area contributed by atoms with Crippen molar-refractivity contribution >= 4 is 23.3 Å². The molecular formula is C29H31N5O2. The van der Waals surface area contributed by atoms with Crippen LogP contribution in [-0.4, -0.2) is 55.8 Å². The first-order valence-corrected chi connectivity index (χ1v) is 12.4. The SMILES string of the molecule is C[C@H](NC(=O)c1ccc2c(c1)C(NC(=O)c1ccc(N3CCN(C)CC3)cc1)=NC2)c1ccccc1. The summed E-state index contributed by atoms with van der Waals surface area (Å²) in [4.78, 5) is 35.1. The number of likely N-dealkylation sites (N-methyl/N-ethyl adjacent to an activating group) is 1. The Morgan fingerprint density at radius 2 is 1.56 bits per heavy atom. The highest BCUT2D eigenvalue weighted by molar-refractivity contribution is 6.15. The number of nitrogens with zero attached hydrogens (tertiary/aromatic N) is 3. The van der Waals surface area contributed by atoms with Gasteiger partial charge in [-0.2, -0.15) is 0 Å². The van der Waals surface area contributed by atoms with E-state index in [4.69, 9.17) is 0 Å². The van der Waals surface area contributed by atoms with Crippen LogP contribution >= 0.6 is 0 Å². The van der Waals surface area contributed by atoms with Crippen molar-refractivity contribution < 1.29 is 9.59 Å². The van der Waals surface area contributed by atoms with Gasteiger partial charge in [0.15, 0.2) is 0 Å². The van der Waals surface area contributed by atoms with Crippen molar-refractivity contribution in [2.45, 2.75) is 19.5 Å². The minimum atomic E-state index is -0.209. The lowest BCUT2D eigenvalue weighted by Crippen LogP contribution is -2.44. The molecule has 1 fully saturated rings. The maximum absolute atomic E-state index is 13.0. The highest BCUT2D eigenvalue weighted by Gasteiger charge is 2.22. The zero-order chi connectivity index (χ0) is 25.1. The Bertz CT molecular complexity index is 1280. The summed E-state index contributed by atoms with van der Waals surface area (Å²) in [5, 5.41) is 6.00. The Balaban J connectivity index is 1.24. The molecule has 2 heterocycles. The average Bonchev–Trinajstić information content (AvgIpc) is 3.31. The van der Waals surface area contributed by atoms with E-state index in [9.17, 15) is 9.59 Å². The van der Waals surface area contributed by atoms with Crippen molar-refractivity contribution in [1.29, 1.82) is 0 Å². The monoisotopic (exact) mass is 481 g/mol. The molecule has 0 radical (unpaired) electrons. The zero-order valence-electron chi connectivity index (χ0n) is 20.7. The molecule has 2 aliphatic rings. The molecule has 2 N–H and O–H groups in total. The molecule has 5 rings (SSSR count). The molecule has 184 valence electrons. The molecule has 1 saturated heterocycles. The van der Waals surface area contributed by atoms with Crippen LogP contribution in [0.1, 0.15) is 50.4 Å². The van der Waals surface area contributed by atoms with E-state index in [0.717, 1.165) is 48.6 Å². The van der Waals surface area contributed by atoms with Crippen LogP contribution in [0.15, 0.2) is 77.8 Å². The summed E-state index contributed by atoms with van der Waals surface area (Å²) in [5.74, 6) is 0.134. The molecule has 0 saturated carbocycles. The second kappa shape index (κ2) is 10.3. The van der Waals surface area contributed by atoms with Gasteiger partial charge < -0.3 is 20.4 Å². The molecule has 3 aromatic carbocycles. The van der Waals surface area contributed by atoms with Gasteiger partial charge in [0.1, 0.15) is 5.84 Å². The summed E-state index contributed by atoms with van der Waals surface area (Å²) in [6, 6.07) is 23.0. The largest absolute Gasteiger partial charge is 0.369 e. The summed E-state index contributed by atoms with van der Waals surface area (Å²) < 4.78 is 0. The number of amides is 2. The minimum Gasteiger partial charge on any atom is -0.369 e. The topological polar surface area (TPSA) is 77.0 Å². The lowest BCUT2D eigenvalue weighted by atomic mass is 10.0. The van der Waals surface area contributed by atoms with Gasteiger partial charge in [0.25, 0.3) is 11.8 Å². The molecule has 36 heavy (non-hydrogen) atoms. The Morgan fingerprint density at radius 1 is 0.861 bits per heavy atom. The van der Waals surface area contributed by atoms with E-state index in [1.807, 2.05) is 79.7 Å². The number of carbonyl (C=O) groups is 2. The molecule has 3 aromatic rings. The summed E-state index contributed by atoms with van der Waals surface area (Å²) in [5.41, 5.74) is 5.07. The second-order valence-corrected chi connectivity index (χ2v) is 9.43. The number of rotatable bonds is 5. The predicted molar refractivity (Wildman–Crippen MR) is 143 cm³/mol. The first-order valence-electron chi connectivity index (χ1n) is 12.4. The molecule has 0 bridgehead atoms. The minimum absolute atomic E-state index is 0.117. The van der Waals surface area contributed by atoms with E-state index < -0.39 is 0 Å². The predicted octanol–water partition coefficient (Wildman–Crippen LogP) is 3.62. The highest BCUT2D eigenvalue weighted by Crippen LogP contribution is 2.22. The van der Waals surface area contributed by atoms with Crippen molar-refractivity contribution in [3.05, 3.63) is 101 Å². The van der Waals surface area contributed by atoms with Crippen LogP contribution in [0.5, 0.6) is 0 Å². The maximum Gasteiger partial charge on any atom is 0.256 e. The fourth-order valence-electron chi connectivity index (χ4n) is 4.61. The number of benzene rings is 3. The number of hydrogen-bond acceptors (Lipinski definition) is 5. The van der Waals surface area contributed by atoms with Crippen molar-refractivity contribution in [2.75, 3.05) is 38.1 Å². The number of amidine groups is 1. The Morgan fingerprint density at radius 3 is 2.28 bits per heavy atom. The van der Waals surface area contributed by atoms with Gasteiger partial charge in [0.2, 0.25) is 0 Å². The normalized spacial score (nSPS) is 16.2. The van der Waals surface area contributed by atoms with Crippen molar-refractivity contribution in [1.82, 2.24) is 15.5 Å². The number of fused-ring (bicyclic) bond motifs is 1. The summed E-state index contributed by atoms with van der Waals surface area (Å²) in [6.45, 7) is 6.48. The van der Waals surface area contributed by atoms with Crippen LogP contribution in [0.25, 0.3) is 0 Å². The summed E-state index contributed by atoms with van der Waals surface area (Å²) in [6.07, 6.45) is 0. The number of hydrogen-bond donors (Lipinski definition) is 2. The molecule has 7 heteroatoms. The van der Waals surface area contributed by atoms with Crippen LogP contribution in [0.2, 0.25) is 0 Å². The lowest BCUT2D eigenvalue weighted by Gasteiger charge is -2.34. The number of anilines is 1. The van der Waals surface area contributed by atoms with Gasteiger partial charge >= 0.3 is 0 Å². The Labute approximate surface area is 211 Å². The van der Waals surface area contributed by atoms with Gasteiger partial charge in [0, 0.05) is 48.6 Å². The number of piperazine rings is 1. The molecule has 0 spiro atoms. The van der Waals surface area contributed by atoms with E-state index in [1.54, 1.807) is 0 Å². The third kappa shape index (κ3) is 5.16. The molecule has 0 unspecified atom stereocenters. The second-order valence-electron chi connectivity index (χ2n) is 9.43. The van der Waals surface area contributed by atoms with E-state index in [0.29, 0.717) is 23.5 Å². The highest BCUT2D eigenvalue weighted by atomic mass is 16.2. The van der Waals surface area contributed by atoms with Gasteiger partial charge in [-0.05, 0) is 61.5 Å². The quantitative estimate of drug-likeness (QED) is 0.584. The Hall–Kier alpha value is -3.97. The van der Waals surface area contributed by atoms with Crippen molar-refractivity contribution in [2.24, 2.45) is 4.99 Å². The first kappa shape index (κ1) is 23.8. The fraction of sp³-hybridized carbons (Fsp3) is 0.276. The summed E-state index contributed by atoms with van der Waals surface area (Å²) in [7, 11) is 2.13. The molecular weight excluding hydrogens is 450 g/mol. The van der Waals surface area contributed by atoms with Gasteiger partial charge in [-0.25, -0.2) is 0 Å². The lowest BCUT2D eigenvalue weighted by molar-refractivity contribution is 0.0938. The summed E-state index contributed by atoms with van der Waals surface area (Å²) >= 11 is 0. The van der Waals surface area contributed by atoms with Crippen LogP contribution in [0, 0.1) is 0 Å². The van der Waals surface area contributed by atoms with Crippen LogP contribution in [-0.2, 0) is 6.54 Å². The van der Waals surface area contributed by atoms with E-state index in [-0.39, 0.29) is 17.9 Å². The van der Waals surface area contributed by atoms with Gasteiger partial charge in [-0.1, -0.05) is 36.4 Å². The maximum atomic E-state index is 13.0. The third-order valence-electron chi connectivity index (χ3n) is 6.91. The molecule has 2 aliphatic heterocycles. The number of nitrogens with one attached hydrogen (secondary N) is 2. The van der Waals surface area contributed by atoms with Crippen LogP contribution in [0.3, 0.4) is 0 Å². The molecule has 1 atom stereocenters. The standard InChI is InChI=1S/C29H31N5O2/c1-20(21-6-4-3-5-7-21)31-29(36)23-8-9-24-19-30-27(26(24)18-23)32-28(35)22-10-12-25(13-11-22)34-16-14-33(2)15-17-34/h3-13,18,20H,14-17,19H2,1-2H3,(H,31,36)(H,30,32,35)/t20-/m0/s1. The average molecular weight is 482 g/mol. The van der Waals surface area contributed by atoms with Crippen molar-refractivity contribution in [3.8, 4) is 0 Å². The first-order chi connectivity index (χ1) is 17.5. The van der Waals surface area contributed by atoms with Gasteiger partial charge in [-0.3, -0.25) is 14.6 Å². The number of carbonyl (C=O) groups excluding carboxylic acids is 2. The smallest absolute Gasteiger partial charge is 0.256 e. The molecule has 0 aliphatic carbocycles. The molecule has 7 nitrogen and oxygen atoms in total. The van der Waals surface area contributed by atoms with Gasteiger partial charge in [-0.15, -0.1) is 0 Å². The van der Waals surface area contributed by atoms with Crippen LogP contribution < -0.4 is 15.5 Å². The fourth-order valence-corrected chi connectivity index (χ4v) is 4.61. The van der Waals surface area contributed by atoms with E-state index >= 15 is 0 Å². The molecule has 0 aromatic heterocycles. The van der Waals surface area contributed by atoms with Crippen molar-refractivity contribution in [3.63, 3.8) is 0 Å².